The fraction of sp³-hybridized carbons (Fsp3) is 0.167. The number of nitro groups is 2. The van der Waals surface area contributed by atoms with Gasteiger partial charge in [-0.15, -0.1) is 0 Å². The van der Waals surface area contributed by atoms with Gasteiger partial charge in [-0.2, -0.15) is 5.48 Å². The Bertz CT molecular complexity index is 1310. The van der Waals surface area contributed by atoms with Crippen molar-refractivity contribution in [2.45, 2.75) is 26.3 Å². The van der Waals surface area contributed by atoms with Gasteiger partial charge in [0.15, 0.2) is 0 Å². The molecule has 3 rings (SSSR count). The molecular formula is C24H22N4O10. The molecule has 14 nitrogen and oxygen atoms in total. The first-order valence-electron chi connectivity index (χ1n) is 11.0. The van der Waals surface area contributed by atoms with E-state index in [1.165, 1.54) is 18.2 Å². The van der Waals surface area contributed by atoms with Crippen molar-refractivity contribution in [2.24, 2.45) is 0 Å². The minimum absolute atomic E-state index is 0.0124. The molecule has 38 heavy (non-hydrogen) atoms. The molecule has 0 unspecified atom stereocenters. The molecule has 3 aromatic carbocycles. The smallest absolute Gasteiger partial charge is 0.336 e. The molecule has 14 heteroatoms. The molecule has 0 atom stereocenters. The van der Waals surface area contributed by atoms with Crippen LogP contribution in [0.5, 0.6) is 0 Å². The summed E-state index contributed by atoms with van der Waals surface area (Å²) in [5.74, 6) is -2.35. The number of hydrogen-bond donors (Lipinski definition) is 4. The van der Waals surface area contributed by atoms with Crippen molar-refractivity contribution in [3.8, 4) is 0 Å². The van der Waals surface area contributed by atoms with Crippen LogP contribution in [0.1, 0.15) is 43.0 Å². The van der Waals surface area contributed by atoms with E-state index in [0.717, 1.165) is 17.7 Å². The molecule has 0 bridgehead atoms. The van der Waals surface area contributed by atoms with E-state index < -0.39 is 38.5 Å². The zero-order valence-corrected chi connectivity index (χ0v) is 19.7. The maximum Gasteiger partial charge on any atom is 0.336 e. The zero-order valence-electron chi connectivity index (χ0n) is 19.7. The number of nitrogens with zero attached hydrogens (tertiary/aromatic N) is 2. The standard InChI is InChI=1S/C24H22N4O10/c29-23(22-18(24(30)31)4-2-6-21(22)28(34)35)25-11-15-7-9-16(10-8-15)12-26-37-14-19-17(13-38-36)3-1-5-20(19)27(32)33/h1-10,26,36H,11-14H2,(H,25,29)(H,30,31). The van der Waals surface area contributed by atoms with Crippen LogP contribution in [0, 0.1) is 20.2 Å². The number of carboxylic acids is 1. The van der Waals surface area contributed by atoms with Gasteiger partial charge in [0.2, 0.25) is 0 Å². The Labute approximate surface area is 214 Å². The van der Waals surface area contributed by atoms with Crippen molar-refractivity contribution >= 4 is 23.3 Å². The molecular weight excluding hydrogens is 504 g/mol. The molecule has 0 aliphatic carbocycles. The first-order chi connectivity index (χ1) is 18.2. The number of carboxylic acid groups (broad SMARTS) is 1. The Hall–Kier alpha value is -4.76. The van der Waals surface area contributed by atoms with Crippen molar-refractivity contribution in [3.05, 3.63) is 114 Å². The van der Waals surface area contributed by atoms with Crippen molar-refractivity contribution in [1.29, 1.82) is 0 Å². The maximum absolute atomic E-state index is 12.6. The highest BCUT2D eigenvalue weighted by atomic mass is 17.1. The normalized spacial score (nSPS) is 10.7. The van der Waals surface area contributed by atoms with Crippen LogP contribution < -0.4 is 10.8 Å². The van der Waals surface area contributed by atoms with Gasteiger partial charge < -0.3 is 10.4 Å². The number of hydroxylamine groups is 1. The summed E-state index contributed by atoms with van der Waals surface area (Å²) in [4.78, 5) is 54.7. The molecule has 0 aromatic heterocycles. The molecule has 0 heterocycles. The van der Waals surface area contributed by atoms with E-state index in [1.54, 1.807) is 30.3 Å². The number of benzene rings is 3. The van der Waals surface area contributed by atoms with Gasteiger partial charge in [-0.05, 0) is 22.8 Å². The maximum atomic E-state index is 12.6. The lowest BCUT2D eigenvalue weighted by Crippen LogP contribution is -2.26. The highest BCUT2D eigenvalue weighted by molar-refractivity contribution is 6.07. The molecule has 0 spiro atoms. The Morgan fingerprint density at radius 1 is 0.842 bits per heavy atom. The molecule has 0 saturated heterocycles. The first kappa shape index (κ1) is 27.8. The summed E-state index contributed by atoms with van der Waals surface area (Å²) in [6, 6.07) is 14.5. The topological polar surface area (TPSA) is 203 Å². The lowest BCUT2D eigenvalue weighted by Gasteiger charge is -2.11. The minimum Gasteiger partial charge on any atom is -0.478 e. The van der Waals surface area contributed by atoms with Crippen LogP contribution in [0.3, 0.4) is 0 Å². The summed E-state index contributed by atoms with van der Waals surface area (Å²) < 4.78 is 0. The van der Waals surface area contributed by atoms with E-state index in [0.29, 0.717) is 11.1 Å². The van der Waals surface area contributed by atoms with Crippen molar-refractivity contribution in [1.82, 2.24) is 10.8 Å². The van der Waals surface area contributed by atoms with Gasteiger partial charge >= 0.3 is 5.97 Å². The van der Waals surface area contributed by atoms with Gasteiger partial charge in [0.25, 0.3) is 17.3 Å². The lowest BCUT2D eigenvalue weighted by atomic mass is 10.0. The Morgan fingerprint density at radius 3 is 2.05 bits per heavy atom. The summed E-state index contributed by atoms with van der Waals surface area (Å²) in [6.45, 7) is -0.184. The highest BCUT2D eigenvalue weighted by Gasteiger charge is 2.27. The summed E-state index contributed by atoms with van der Waals surface area (Å²) in [6.07, 6.45) is 0. The number of nitrogens with one attached hydrogen (secondary N) is 2. The van der Waals surface area contributed by atoms with Crippen LogP contribution >= 0.6 is 0 Å². The number of nitro benzene ring substituents is 2. The molecule has 1 amide bonds. The van der Waals surface area contributed by atoms with Gasteiger partial charge in [-0.25, -0.2) is 9.68 Å². The van der Waals surface area contributed by atoms with Gasteiger partial charge in [-0.3, -0.25) is 35.1 Å². The molecule has 198 valence electrons. The quantitative estimate of drug-likeness (QED) is 0.110. The predicted molar refractivity (Wildman–Crippen MR) is 130 cm³/mol. The van der Waals surface area contributed by atoms with Crippen LogP contribution in [0.2, 0.25) is 0 Å². The van der Waals surface area contributed by atoms with E-state index in [4.69, 9.17) is 10.1 Å². The summed E-state index contributed by atoms with van der Waals surface area (Å²) in [5, 5.41) is 43.1. The van der Waals surface area contributed by atoms with Gasteiger partial charge in [0.05, 0.1) is 21.0 Å². The van der Waals surface area contributed by atoms with E-state index in [2.05, 4.69) is 15.7 Å². The fourth-order valence-corrected chi connectivity index (χ4v) is 3.58. The molecule has 0 aliphatic rings. The Balaban J connectivity index is 1.57. The van der Waals surface area contributed by atoms with E-state index >= 15 is 0 Å². The minimum atomic E-state index is -1.46. The van der Waals surface area contributed by atoms with E-state index in [1.807, 2.05) is 0 Å². The van der Waals surface area contributed by atoms with Crippen molar-refractivity contribution < 1.29 is 39.5 Å². The van der Waals surface area contributed by atoms with Crippen LogP contribution in [0.25, 0.3) is 0 Å². The number of amides is 1. The monoisotopic (exact) mass is 526 g/mol. The zero-order chi connectivity index (χ0) is 27.7. The van der Waals surface area contributed by atoms with Crippen LogP contribution in [-0.2, 0) is 36.0 Å². The van der Waals surface area contributed by atoms with Gasteiger partial charge in [-0.1, -0.05) is 42.5 Å². The molecule has 3 aromatic rings. The highest BCUT2D eigenvalue weighted by Crippen LogP contribution is 2.24. The van der Waals surface area contributed by atoms with E-state index in [9.17, 15) is 34.9 Å². The Kier molecular flexibility index (Phi) is 9.50. The van der Waals surface area contributed by atoms with Crippen molar-refractivity contribution in [2.75, 3.05) is 0 Å². The third kappa shape index (κ3) is 6.92. The van der Waals surface area contributed by atoms with Crippen LogP contribution in [0.15, 0.2) is 60.7 Å². The van der Waals surface area contributed by atoms with Gasteiger partial charge in [0.1, 0.15) is 18.8 Å². The number of rotatable bonds is 13. The second kappa shape index (κ2) is 13.0. The molecule has 0 aliphatic heterocycles. The largest absolute Gasteiger partial charge is 0.478 e. The number of carbonyl (C=O) groups is 2. The van der Waals surface area contributed by atoms with E-state index in [-0.39, 0.29) is 37.6 Å². The SMILES string of the molecule is O=C(O)c1cccc([N+](=O)[O-])c1C(=O)NCc1ccc(CNOCc2c(COO)cccc2[N+](=O)[O-])cc1. The molecule has 0 radical (unpaired) electrons. The second-order valence-corrected chi connectivity index (χ2v) is 7.82. The Morgan fingerprint density at radius 2 is 1.45 bits per heavy atom. The van der Waals surface area contributed by atoms with Gasteiger partial charge in [0, 0.05) is 25.2 Å². The number of aromatic carboxylic acids is 1. The fourth-order valence-electron chi connectivity index (χ4n) is 3.58. The lowest BCUT2D eigenvalue weighted by molar-refractivity contribution is -0.386. The third-order valence-corrected chi connectivity index (χ3v) is 5.43. The number of hydrogen-bond acceptors (Lipinski definition) is 10. The predicted octanol–water partition coefficient (Wildman–Crippen LogP) is 3.34. The first-order valence-corrected chi connectivity index (χ1v) is 11.0. The average molecular weight is 526 g/mol. The van der Waals surface area contributed by atoms with Crippen LogP contribution in [-0.4, -0.2) is 32.1 Å². The summed E-state index contributed by atoms with van der Waals surface area (Å²) in [5.41, 5.74) is 2.96. The molecule has 0 saturated carbocycles. The molecule has 4 N–H and O–H groups in total. The second-order valence-electron chi connectivity index (χ2n) is 7.82. The summed E-state index contributed by atoms with van der Waals surface area (Å²) in [7, 11) is 0. The van der Waals surface area contributed by atoms with Crippen molar-refractivity contribution in [3.63, 3.8) is 0 Å². The van der Waals surface area contributed by atoms with Crippen LogP contribution in [0.4, 0.5) is 11.4 Å². The number of carbonyl (C=O) groups excluding carboxylic acids is 1. The third-order valence-electron chi connectivity index (χ3n) is 5.43. The molecule has 0 fully saturated rings. The average Bonchev–Trinajstić information content (AvgIpc) is 2.90. The summed E-state index contributed by atoms with van der Waals surface area (Å²) >= 11 is 0.